The molecule has 5 nitrogen and oxygen atoms in total. The average Bonchev–Trinajstić information content (AvgIpc) is 2.44. The topological polar surface area (TPSA) is 72.9 Å². The Balaban J connectivity index is 2.86. The maximum Gasteiger partial charge on any atom is 0.236 e. The molecule has 0 aliphatic heterocycles. The minimum Gasteiger partial charge on any atom is -0.368 e. The number of aromatic nitrogens is 2. The molecule has 96 valence electrons. The molecule has 1 rings (SSSR count). The Morgan fingerprint density at radius 1 is 1.53 bits per heavy atom. The summed E-state index contributed by atoms with van der Waals surface area (Å²) < 4.78 is 2.77. The number of nitrogens with zero attached hydrogens (tertiary/aromatic N) is 2. The van der Waals surface area contributed by atoms with E-state index >= 15 is 0 Å². The molecule has 0 radical (unpaired) electrons. The van der Waals surface area contributed by atoms with E-state index in [-0.39, 0.29) is 11.9 Å². The van der Waals surface area contributed by atoms with Gasteiger partial charge in [-0.1, -0.05) is 13.8 Å². The molecule has 17 heavy (non-hydrogen) atoms. The molecule has 0 aliphatic carbocycles. The summed E-state index contributed by atoms with van der Waals surface area (Å²) in [6.45, 7) is 8.28. The van der Waals surface area contributed by atoms with E-state index in [1.165, 1.54) is 0 Å². The fraction of sp³-hybridized carbons (Fsp3) is 0.636. The zero-order valence-corrected chi connectivity index (χ0v) is 12.2. The Morgan fingerprint density at radius 2 is 2.12 bits per heavy atom. The van der Waals surface area contributed by atoms with Crippen LogP contribution >= 0.6 is 15.9 Å². The van der Waals surface area contributed by atoms with E-state index < -0.39 is 6.04 Å². The van der Waals surface area contributed by atoms with Crippen molar-refractivity contribution in [3.8, 4) is 0 Å². The molecule has 0 spiro atoms. The highest BCUT2D eigenvalue weighted by Crippen LogP contribution is 2.19. The molecule has 0 fully saturated rings. The van der Waals surface area contributed by atoms with Gasteiger partial charge in [-0.3, -0.25) is 9.48 Å². The second-order valence-electron chi connectivity index (χ2n) is 4.44. The number of rotatable bonds is 5. The van der Waals surface area contributed by atoms with Gasteiger partial charge in [0.1, 0.15) is 6.04 Å². The van der Waals surface area contributed by atoms with Gasteiger partial charge >= 0.3 is 0 Å². The van der Waals surface area contributed by atoms with Crippen molar-refractivity contribution in [1.29, 1.82) is 0 Å². The summed E-state index contributed by atoms with van der Waals surface area (Å²) in [7, 11) is 0. The zero-order valence-electron chi connectivity index (χ0n) is 10.6. The number of primary amides is 1. The number of nitrogens with two attached hydrogens (primary N) is 1. The maximum atomic E-state index is 11.3. The van der Waals surface area contributed by atoms with Crippen molar-refractivity contribution in [3.63, 3.8) is 0 Å². The van der Waals surface area contributed by atoms with Gasteiger partial charge in [0, 0.05) is 11.7 Å². The third kappa shape index (κ3) is 3.54. The average molecular weight is 303 g/mol. The third-order valence-electron chi connectivity index (χ3n) is 2.53. The molecule has 6 heteroatoms. The molecule has 1 heterocycles. The van der Waals surface area contributed by atoms with Gasteiger partial charge < -0.3 is 11.1 Å². The van der Waals surface area contributed by atoms with Gasteiger partial charge in [-0.2, -0.15) is 5.10 Å². The number of carbonyl (C=O) groups is 1. The van der Waals surface area contributed by atoms with E-state index in [9.17, 15) is 4.79 Å². The number of halogens is 1. The standard InChI is InChI=1S/C11H19BrN4O/c1-6(2)14-9(11(13)17)5-16-8(4)10(12)7(3)15-16/h6,9,14H,5H2,1-4H3,(H2,13,17). The van der Waals surface area contributed by atoms with Crippen LogP contribution in [0.15, 0.2) is 4.47 Å². The van der Waals surface area contributed by atoms with Gasteiger partial charge in [-0.25, -0.2) is 0 Å². The maximum absolute atomic E-state index is 11.3. The van der Waals surface area contributed by atoms with Crippen LogP contribution in [-0.4, -0.2) is 27.8 Å². The molecule has 0 aromatic carbocycles. The summed E-state index contributed by atoms with van der Waals surface area (Å²) in [5.74, 6) is -0.359. The van der Waals surface area contributed by atoms with Crippen LogP contribution in [0.3, 0.4) is 0 Å². The monoisotopic (exact) mass is 302 g/mol. The molecule has 1 aromatic rings. The van der Waals surface area contributed by atoms with Crippen molar-refractivity contribution in [2.24, 2.45) is 5.73 Å². The molecule has 3 N–H and O–H groups in total. The Morgan fingerprint density at radius 3 is 2.47 bits per heavy atom. The van der Waals surface area contributed by atoms with Crippen molar-refractivity contribution in [1.82, 2.24) is 15.1 Å². The van der Waals surface area contributed by atoms with Crippen LogP contribution in [-0.2, 0) is 11.3 Å². The van der Waals surface area contributed by atoms with E-state index in [0.29, 0.717) is 6.54 Å². The predicted molar refractivity (Wildman–Crippen MR) is 70.7 cm³/mol. The molecular formula is C11H19BrN4O. The highest BCUT2D eigenvalue weighted by molar-refractivity contribution is 9.10. The van der Waals surface area contributed by atoms with Crippen LogP contribution < -0.4 is 11.1 Å². The fourth-order valence-corrected chi connectivity index (χ4v) is 1.94. The largest absolute Gasteiger partial charge is 0.368 e. The number of hydrogen-bond donors (Lipinski definition) is 2. The molecule has 0 bridgehead atoms. The molecule has 0 aliphatic rings. The van der Waals surface area contributed by atoms with E-state index in [1.807, 2.05) is 27.7 Å². The first-order valence-electron chi connectivity index (χ1n) is 5.57. The van der Waals surface area contributed by atoms with Crippen molar-refractivity contribution in [2.75, 3.05) is 0 Å². The molecule has 0 saturated carbocycles. The van der Waals surface area contributed by atoms with Gasteiger partial charge in [0.25, 0.3) is 0 Å². The lowest BCUT2D eigenvalue weighted by atomic mass is 10.2. The third-order valence-corrected chi connectivity index (χ3v) is 3.67. The van der Waals surface area contributed by atoms with Crippen molar-refractivity contribution in [2.45, 2.75) is 46.3 Å². The summed E-state index contributed by atoms with van der Waals surface area (Å²) >= 11 is 3.46. The number of nitrogens with one attached hydrogen (secondary N) is 1. The van der Waals surface area contributed by atoms with Crippen LogP contribution in [0.4, 0.5) is 0 Å². The Labute approximate surface area is 110 Å². The van der Waals surface area contributed by atoms with Crippen LogP contribution in [0.1, 0.15) is 25.2 Å². The number of carbonyl (C=O) groups excluding carboxylic acids is 1. The van der Waals surface area contributed by atoms with Gasteiger partial charge in [0.15, 0.2) is 0 Å². The van der Waals surface area contributed by atoms with E-state index in [0.717, 1.165) is 15.9 Å². The summed E-state index contributed by atoms with van der Waals surface area (Å²) in [5, 5.41) is 7.49. The summed E-state index contributed by atoms with van der Waals surface area (Å²) in [4.78, 5) is 11.3. The minimum atomic E-state index is -0.403. The second kappa shape index (κ2) is 5.64. The molecule has 0 saturated heterocycles. The summed E-state index contributed by atoms with van der Waals surface area (Å²) in [6.07, 6.45) is 0. The molecule has 1 atom stereocenters. The second-order valence-corrected chi connectivity index (χ2v) is 5.24. The SMILES string of the molecule is Cc1nn(CC(NC(C)C)C(N)=O)c(C)c1Br. The number of hydrogen-bond acceptors (Lipinski definition) is 3. The minimum absolute atomic E-state index is 0.202. The van der Waals surface area contributed by atoms with Gasteiger partial charge in [-0.05, 0) is 29.8 Å². The van der Waals surface area contributed by atoms with Gasteiger partial charge in [-0.15, -0.1) is 0 Å². The Bertz CT molecular complexity index is 414. The highest BCUT2D eigenvalue weighted by atomic mass is 79.9. The van der Waals surface area contributed by atoms with Crippen molar-refractivity contribution < 1.29 is 4.79 Å². The first-order valence-corrected chi connectivity index (χ1v) is 6.37. The summed E-state index contributed by atoms with van der Waals surface area (Å²) in [6, 6.07) is -0.201. The molecule has 1 amide bonds. The van der Waals surface area contributed by atoms with E-state index in [2.05, 4.69) is 26.3 Å². The summed E-state index contributed by atoms with van der Waals surface area (Å²) in [5.41, 5.74) is 7.29. The zero-order chi connectivity index (χ0) is 13.2. The van der Waals surface area contributed by atoms with Crippen molar-refractivity contribution >= 4 is 21.8 Å². The van der Waals surface area contributed by atoms with Crippen molar-refractivity contribution in [3.05, 3.63) is 15.9 Å². The first kappa shape index (κ1) is 14.2. The van der Waals surface area contributed by atoms with Crippen LogP contribution in [0, 0.1) is 13.8 Å². The normalized spacial score (nSPS) is 13.1. The lowest BCUT2D eigenvalue weighted by Crippen LogP contribution is -2.47. The number of amides is 1. The first-order chi connectivity index (χ1) is 7.82. The van der Waals surface area contributed by atoms with Crippen LogP contribution in [0.25, 0.3) is 0 Å². The lowest BCUT2D eigenvalue weighted by molar-refractivity contribution is -0.120. The number of aryl methyl sites for hydroxylation is 1. The highest BCUT2D eigenvalue weighted by Gasteiger charge is 2.19. The van der Waals surface area contributed by atoms with E-state index in [4.69, 9.17) is 5.73 Å². The Kier molecular flexibility index (Phi) is 4.70. The smallest absolute Gasteiger partial charge is 0.236 e. The van der Waals surface area contributed by atoms with Gasteiger partial charge in [0.05, 0.1) is 16.7 Å². The molecule has 1 aromatic heterocycles. The predicted octanol–water partition coefficient (Wildman–Crippen LogP) is 1.11. The van der Waals surface area contributed by atoms with E-state index in [1.54, 1.807) is 4.68 Å². The van der Waals surface area contributed by atoms with Crippen LogP contribution in [0.5, 0.6) is 0 Å². The Hall–Kier alpha value is -0.880. The van der Waals surface area contributed by atoms with Crippen LogP contribution in [0.2, 0.25) is 0 Å². The fourth-order valence-electron chi connectivity index (χ4n) is 1.65. The quantitative estimate of drug-likeness (QED) is 0.856. The van der Waals surface area contributed by atoms with Gasteiger partial charge in [0.2, 0.25) is 5.91 Å². The molecule has 1 unspecified atom stereocenters. The lowest BCUT2D eigenvalue weighted by Gasteiger charge is -2.18. The molecular weight excluding hydrogens is 284 g/mol.